The van der Waals surface area contributed by atoms with E-state index in [1.165, 1.54) is 17.8 Å². The maximum absolute atomic E-state index is 12.7. The molecular weight excluding hydrogens is 334 g/mol. The van der Waals surface area contributed by atoms with Crippen LogP contribution in [0.3, 0.4) is 0 Å². The second-order valence-corrected chi connectivity index (χ2v) is 7.42. The number of nitrogens with zero attached hydrogens (tertiary/aromatic N) is 2. The second kappa shape index (κ2) is 8.45. The van der Waals surface area contributed by atoms with Gasteiger partial charge in [-0.25, -0.2) is 4.98 Å². The van der Waals surface area contributed by atoms with Gasteiger partial charge in [-0.2, -0.15) is 0 Å². The lowest BCUT2D eigenvalue weighted by Crippen LogP contribution is -2.38. The summed E-state index contributed by atoms with van der Waals surface area (Å²) in [6.45, 7) is 2.75. The Kier molecular flexibility index (Phi) is 6.04. The molecule has 0 spiro atoms. The van der Waals surface area contributed by atoms with Crippen molar-refractivity contribution in [2.45, 2.75) is 19.3 Å². The van der Waals surface area contributed by atoms with Crippen LogP contribution in [0.15, 0.2) is 30.5 Å². The van der Waals surface area contributed by atoms with Crippen molar-refractivity contribution in [3.63, 3.8) is 0 Å². The van der Waals surface area contributed by atoms with E-state index >= 15 is 0 Å². The first-order chi connectivity index (χ1) is 12.2. The minimum absolute atomic E-state index is 0.115. The first-order valence-electron chi connectivity index (χ1n) is 8.75. The molecule has 0 atom stereocenters. The lowest BCUT2D eigenvalue weighted by Gasteiger charge is -2.31. The van der Waals surface area contributed by atoms with Crippen molar-refractivity contribution in [1.29, 1.82) is 0 Å². The van der Waals surface area contributed by atoms with Crippen molar-refractivity contribution in [1.82, 2.24) is 15.2 Å². The van der Waals surface area contributed by atoms with E-state index in [-0.39, 0.29) is 5.91 Å². The summed E-state index contributed by atoms with van der Waals surface area (Å²) in [5.41, 5.74) is 1.01. The van der Waals surface area contributed by atoms with Gasteiger partial charge in [-0.15, -0.1) is 11.3 Å². The van der Waals surface area contributed by atoms with Gasteiger partial charge in [0.2, 0.25) is 0 Å². The quantitative estimate of drug-likeness (QED) is 0.860. The van der Waals surface area contributed by atoms with E-state index in [4.69, 9.17) is 4.74 Å². The maximum Gasteiger partial charge on any atom is 0.265 e. The predicted molar refractivity (Wildman–Crippen MR) is 101 cm³/mol. The Labute approximate surface area is 153 Å². The molecule has 2 heterocycles. The number of hydrogen-bond donors (Lipinski definition) is 1. The van der Waals surface area contributed by atoms with Gasteiger partial charge in [0.15, 0.2) is 0 Å². The number of hydrogen-bond acceptors (Lipinski definition) is 5. The number of ether oxygens (including phenoxy) is 1. The summed E-state index contributed by atoms with van der Waals surface area (Å²) in [7, 11) is 3.64. The summed E-state index contributed by atoms with van der Waals surface area (Å²) in [5, 5.41) is 4.08. The largest absolute Gasteiger partial charge is 0.497 e. The number of methoxy groups -OCH3 is 1. The SMILES string of the molecule is CNCCC1CCN(C(=O)c2cnc(-c3ccc(OC)cc3)s2)CC1. The Bertz CT molecular complexity index is 691. The average Bonchev–Trinajstić information content (AvgIpc) is 3.16. The van der Waals surface area contributed by atoms with Crippen LogP contribution < -0.4 is 10.1 Å². The van der Waals surface area contributed by atoms with Gasteiger partial charge in [0, 0.05) is 18.7 Å². The standard InChI is InChI=1S/C19H25N3O2S/c1-20-10-7-14-8-11-22(12-9-14)19(23)17-13-21-18(25-17)15-3-5-16(24-2)6-4-15/h3-6,13-14,20H,7-12H2,1-2H3. The number of piperidine rings is 1. The summed E-state index contributed by atoms with van der Waals surface area (Å²) in [4.78, 5) is 19.9. The summed E-state index contributed by atoms with van der Waals surface area (Å²) in [6, 6.07) is 7.76. The van der Waals surface area contributed by atoms with Gasteiger partial charge < -0.3 is 15.0 Å². The van der Waals surface area contributed by atoms with E-state index in [1.807, 2.05) is 36.2 Å². The van der Waals surface area contributed by atoms with Crippen molar-refractivity contribution in [3.8, 4) is 16.3 Å². The number of aromatic nitrogens is 1. The van der Waals surface area contributed by atoms with E-state index in [1.54, 1.807) is 13.3 Å². The molecule has 1 amide bonds. The van der Waals surface area contributed by atoms with Gasteiger partial charge in [0.25, 0.3) is 5.91 Å². The highest BCUT2D eigenvalue weighted by Gasteiger charge is 2.24. The number of benzene rings is 1. The highest BCUT2D eigenvalue weighted by Crippen LogP contribution is 2.29. The predicted octanol–water partition coefficient (Wildman–Crippen LogP) is 3.28. The molecule has 1 aliphatic rings. The molecule has 0 radical (unpaired) electrons. The maximum atomic E-state index is 12.7. The van der Waals surface area contributed by atoms with Gasteiger partial charge in [0.05, 0.1) is 13.3 Å². The molecule has 0 saturated carbocycles. The average molecular weight is 359 g/mol. The third-order valence-electron chi connectivity index (χ3n) is 4.76. The molecule has 134 valence electrons. The molecule has 0 unspecified atom stereocenters. The molecule has 1 aromatic heterocycles. The first-order valence-corrected chi connectivity index (χ1v) is 9.57. The first kappa shape index (κ1) is 17.9. The van der Waals surface area contributed by atoms with E-state index in [0.29, 0.717) is 0 Å². The molecule has 1 fully saturated rings. The van der Waals surface area contributed by atoms with Crippen LogP contribution >= 0.6 is 11.3 Å². The van der Waals surface area contributed by atoms with Gasteiger partial charge in [-0.3, -0.25) is 4.79 Å². The van der Waals surface area contributed by atoms with Crippen LogP contribution in [-0.4, -0.2) is 49.6 Å². The normalized spacial score (nSPS) is 15.4. The van der Waals surface area contributed by atoms with Crippen molar-refractivity contribution >= 4 is 17.2 Å². The zero-order valence-corrected chi connectivity index (χ0v) is 15.6. The number of carbonyl (C=O) groups excluding carboxylic acids is 1. The minimum Gasteiger partial charge on any atom is -0.497 e. The van der Waals surface area contributed by atoms with Gasteiger partial charge in [-0.1, -0.05) is 0 Å². The van der Waals surface area contributed by atoms with E-state index in [0.717, 1.165) is 59.6 Å². The van der Waals surface area contributed by atoms with Crippen LogP contribution in [0.1, 0.15) is 28.9 Å². The molecule has 0 bridgehead atoms. The number of likely N-dealkylation sites (tertiary alicyclic amines) is 1. The highest BCUT2D eigenvalue weighted by molar-refractivity contribution is 7.16. The molecule has 3 rings (SSSR count). The summed E-state index contributed by atoms with van der Waals surface area (Å²) in [5.74, 6) is 1.66. The van der Waals surface area contributed by atoms with E-state index in [9.17, 15) is 4.79 Å². The third-order valence-corrected chi connectivity index (χ3v) is 5.79. The van der Waals surface area contributed by atoms with Crippen LogP contribution in [0.5, 0.6) is 5.75 Å². The Morgan fingerprint density at radius 2 is 2.04 bits per heavy atom. The van der Waals surface area contributed by atoms with Gasteiger partial charge >= 0.3 is 0 Å². The smallest absolute Gasteiger partial charge is 0.265 e. The molecule has 1 saturated heterocycles. The van der Waals surface area contributed by atoms with Crippen LogP contribution in [-0.2, 0) is 0 Å². The van der Waals surface area contributed by atoms with Crippen molar-refractivity contribution in [2.24, 2.45) is 5.92 Å². The zero-order chi connectivity index (χ0) is 17.6. The Balaban J connectivity index is 1.61. The Morgan fingerprint density at radius 1 is 1.32 bits per heavy atom. The number of rotatable bonds is 6. The number of carbonyl (C=O) groups is 1. The molecule has 0 aliphatic carbocycles. The number of nitrogens with one attached hydrogen (secondary N) is 1. The molecule has 5 nitrogen and oxygen atoms in total. The summed E-state index contributed by atoms with van der Waals surface area (Å²) in [6.07, 6.45) is 5.09. The van der Waals surface area contributed by atoms with Gasteiger partial charge in [-0.05, 0) is 63.0 Å². The van der Waals surface area contributed by atoms with Crippen LogP contribution in [0, 0.1) is 5.92 Å². The molecule has 1 aromatic carbocycles. The fraction of sp³-hybridized carbons (Fsp3) is 0.474. The van der Waals surface area contributed by atoms with Crippen molar-refractivity contribution in [2.75, 3.05) is 33.8 Å². The van der Waals surface area contributed by atoms with E-state index < -0.39 is 0 Å². The molecule has 2 aromatic rings. The molecule has 6 heteroatoms. The monoisotopic (exact) mass is 359 g/mol. The molecule has 1 aliphatic heterocycles. The molecule has 1 N–H and O–H groups in total. The molecular formula is C19H25N3O2S. The number of amides is 1. The lowest BCUT2D eigenvalue weighted by atomic mass is 9.93. The van der Waals surface area contributed by atoms with Crippen LogP contribution in [0.25, 0.3) is 10.6 Å². The van der Waals surface area contributed by atoms with E-state index in [2.05, 4.69) is 10.3 Å². The van der Waals surface area contributed by atoms with Crippen LogP contribution in [0.4, 0.5) is 0 Å². The minimum atomic E-state index is 0.115. The summed E-state index contributed by atoms with van der Waals surface area (Å²) >= 11 is 1.46. The zero-order valence-electron chi connectivity index (χ0n) is 14.8. The molecule has 25 heavy (non-hydrogen) atoms. The third kappa shape index (κ3) is 4.38. The Morgan fingerprint density at radius 3 is 2.68 bits per heavy atom. The topological polar surface area (TPSA) is 54.5 Å². The highest BCUT2D eigenvalue weighted by atomic mass is 32.1. The lowest BCUT2D eigenvalue weighted by molar-refractivity contribution is 0.0692. The second-order valence-electron chi connectivity index (χ2n) is 6.39. The van der Waals surface area contributed by atoms with Gasteiger partial charge in [0.1, 0.15) is 15.6 Å². The fourth-order valence-corrected chi connectivity index (χ4v) is 4.06. The van der Waals surface area contributed by atoms with Crippen molar-refractivity contribution < 1.29 is 9.53 Å². The number of thiazole rings is 1. The summed E-state index contributed by atoms with van der Waals surface area (Å²) < 4.78 is 5.18. The fourth-order valence-electron chi connectivity index (χ4n) is 3.17. The Hall–Kier alpha value is -1.92. The van der Waals surface area contributed by atoms with Crippen LogP contribution in [0.2, 0.25) is 0 Å². The van der Waals surface area contributed by atoms with Crippen molar-refractivity contribution in [3.05, 3.63) is 35.3 Å².